The van der Waals surface area contributed by atoms with Crippen LogP contribution in [0.2, 0.25) is 5.02 Å². The second-order valence-electron chi connectivity index (χ2n) is 10.6. The van der Waals surface area contributed by atoms with Crippen LogP contribution in [0.15, 0.2) is 29.3 Å². The summed E-state index contributed by atoms with van der Waals surface area (Å²) >= 11 is 5.95. The lowest BCUT2D eigenvalue weighted by atomic mass is 9.82. The topological polar surface area (TPSA) is 137 Å². The number of nitrogens with zero attached hydrogens (tertiary/aromatic N) is 2. The van der Waals surface area contributed by atoms with E-state index >= 15 is 0 Å². The van der Waals surface area contributed by atoms with E-state index in [4.69, 9.17) is 16.3 Å². The highest BCUT2D eigenvalue weighted by atomic mass is 35.5. The molecule has 1 aromatic rings. The Labute approximate surface area is 228 Å². The summed E-state index contributed by atoms with van der Waals surface area (Å²) in [5.41, 5.74) is 0.323. The molecule has 2 aliphatic heterocycles. The summed E-state index contributed by atoms with van der Waals surface area (Å²) in [6.07, 6.45) is 1.51. The number of piperidine rings is 1. The molecular formula is C27H37ClN4O6. The number of halogens is 1. The summed E-state index contributed by atoms with van der Waals surface area (Å²) < 4.78 is 5.19. The van der Waals surface area contributed by atoms with E-state index in [1.54, 1.807) is 36.1 Å². The van der Waals surface area contributed by atoms with E-state index in [9.17, 15) is 24.3 Å². The van der Waals surface area contributed by atoms with Crippen LogP contribution in [0.5, 0.6) is 0 Å². The number of aliphatic hydroxyl groups is 1. The lowest BCUT2D eigenvalue weighted by molar-refractivity contribution is -0.130. The molecule has 1 aromatic carbocycles. The van der Waals surface area contributed by atoms with Gasteiger partial charge in [-0.05, 0) is 55.7 Å². The molecule has 4 amide bonds. The third kappa shape index (κ3) is 8.26. The SMILES string of the molecule is CC(=O)N1CCC2(CC1)CC(CC(CO)NC(=O)/C(CC(C)C)=N/C(=O)OCc1cccc(Cl)c1)C(=O)N2. The van der Waals surface area contributed by atoms with Gasteiger partial charge >= 0.3 is 6.09 Å². The van der Waals surface area contributed by atoms with Gasteiger partial charge in [0.15, 0.2) is 0 Å². The van der Waals surface area contributed by atoms with Gasteiger partial charge in [-0.1, -0.05) is 37.6 Å². The van der Waals surface area contributed by atoms with Crippen molar-refractivity contribution in [1.82, 2.24) is 15.5 Å². The van der Waals surface area contributed by atoms with Gasteiger partial charge in [0.1, 0.15) is 12.3 Å². The summed E-state index contributed by atoms with van der Waals surface area (Å²) in [4.78, 5) is 55.5. The monoisotopic (exact) mass is 548 g/mol. The Kier molecular flexibility index (Phi) is 10.3. The summed E-state index contributed by atoms with van der Waals surface area (Å²) in [6, 6.07) is 6.18. The molecule has 10 nitrogen and oxygen atoms in total. The van der Waals surface area contributed by atoms with Gasteiger partial charge in [-0.2, -0.15) is 4.99 Å². The first kappa shape index (κ1) is 29.6. The minimum atomic E-state index is -0.898. The molecule has 3 rings (SSSR count). The van der Waals surface area contributed by atoms with Crippen LogP contribution in [0.4, 0.5) is 4.79 Å². The molecule has 38 heavy (non-hydrogen) atoms. The van der Waals surface area contributed by atoms with Gasteiger partial charge in [-0.25, -0.2) is 4.79 Å². The summed E-state index contributed by atoms with van der Waals surface area (Å²) in [5.74, 6) is -1.02. The van der Waals surface area contributed by atoms with E-state index in [1.807, 2.05) is 13.8 Å². The van der Waals surface area contributed by atoms with Crippen molar-refractivity contribution in [3.05, 3.63) is 34.9 Å². The van der Waals surface area contributed by atoms with Crippen molar-refractivity contribution < 1.29 is 29.0 Å². The number of aliphatic imine (C=N–C) groups is 1. The average molecular weight is 549 g/mol. The fourth-order valence-electron chi connectivity index (χ4n) is 5.03. The Morgan fingerprint density at radius 1 is 1.29 bits per heavy atom. The zero-order valence-corrected chi connectivity index (χ0v) is 22.9. The predicted octanol–water partition coefficient (Wildman–Crippen LogP) is 2.85. The van der Waals surface area contributed by atoms with Crippen LogP contribution in [-0.2, 0) is 25.7 Å². The van der Waals surface area contributed by atoms with Gasteiger partial charge in [-0.3, -0.25) is 14.4 Å². The highest BCUT2D eigenvalue weighted by Crippen LogP contribution is 2.36. The highest BCUT2D eigenvalue weighted by molar-refractivity contribution is 6.40. The van der Waals surface area contributed by atoms with Gasteiger partial charge in [0, 0.05) is 36.5 Å². The highest BCUT2D eigenvalue weighted by Gasteiger charge is 2.46. The van der Waals surface area contributed by atoms with Crippen LogP contribution < -0.4 is 10.6 Å². The van der Waals surface area contributed by atoms with Crippen LogP contribution >= 0.6 is 11.6 Å². The molecule has 2 heterocycles. The third-order valence-electron chi connectivity index (χ3n) is 7.03. The fraction of sp³-hybridized carbons (Fsp3) is 0.593. The molecule has 11 heteroatoms. The number of rotatable bonds is 9. The van der Waals surface area contributed by atoms with Gasteiger partial charge in [0.05, 0.1) is 12.6 Å². The standard InChI is InChI=1S/C27H37ClN4O6/c1-17(2)11-23(30-26(37)38-16-19-5-4-6-21(28)12-19)25(36)29-22(15-33)13-20-14-27(31-24(20)35)7-9-32(10-8-27)18(3)34/h4-6,12,17,20,22,33H,7-11,13-16H2,1-3H3,(H,29,36)(H,31,35)/b30-23+. The molecule has 2 unspecified atom stereocenters. The fourth-order valence-corrected chi connectivity index (χ4v) is 5.24. The molecule has 0 aromatic heterocycles. The van der Waals surface area contributed by atoms with E-state index in [1.165, 1.54) is 0 Å². The van der Waals surface area contributed by atoms with Crippen molar-refractivity contribution in [3.63, 3.8) is 0 Å². The van der Waals surface area contributed by atoms with E-state index in [0.717, 1.165) is 0 Å². The summed E-state index contributed by atoms with van der Waals surface area (Å²) in [5, 5.41) is 16.3. The molecule has 3 N–H and O–H groups in total. The van der Waals surface area contributed by atoms with Crippen LogP contribution in [0.3, 0.4) is 0 Å². The quantitative estimate of drug-likeness (QED) is 0.406. The first-order chi connectivity index (χ1) is 18.0. The predicted molar refractivity (Wildman–Crippen MR) is 143 cm³/mol. The van der Waals surface area contributed by atoms with Crippen molar-refractivity contribution in [2.75, 3.05) is 19.7 Å². The first-order valence-corrected chi connectivity index (χ1v) is 13.4. The maximum atomic E-state index is 13.0. The number of hydrogen-bond acceptors (Lipinski definition) is 6. The Morgan fingerprint density at radius 2 is 2.00 bits per heavy atom. The van der Waals surface area contributed by atoms with Crippen molar-refractivity contribution in [2.24, 2.45) is 16.8 Å². The Hall–Kier alpha value is -2.98. The third-order valence-corrected chi connectivity index (χ3v) is 7.26. The number of likely N-dealkylation sites (tertiary alicyclic amines) is 1. The zero-order chi connectivity index (χ0) is 27.9. The number of carbonyl (C=O) groups excluding carboxylic acids is 4. The van der Waals surface area contributed by atoms with Gasteiger partial charge in [0.25, 0.3) is 5.91 Å². The van der Waals surface area contributed by atoms with Crippen molar-refractivity contribution in [1.29, 1.82) is 0 Å². The average Bonchev–Trinajstić information content (AvgIpc) is 3.15. The molecule has 2 saturated heterocycles. The first-order valence-electron chi connectivity index (χ1n) is 13.0. The lowest BCUT2D eigenvalue weighted by Gasteiger charge is -2.39. The Bertz CT molecular complexity index is 1070. The van der Waals surface area contributed by atoms with Crippen molar-refractivity contribution >= 4 is 41.1 Å². The number of benzene rings is 1. The molecule has 208 valence electrons. The Morgan fingerprint density at radius 3 is 2.61 bits per heavy atom. The molecule has 2 aliphatic rings. The van der Waals surface area contributed by atoms with Crippen molar-refractivity contribution in [2.45, 2.75) is 71.1 Å². The molecule has 0 aliphatic carbocycles. The number of amides is 4. The van der Waals surface area contributed by atoms with Gasteiger partial charge < -0.3 is 25.4 Å². The van der Waals surface area contributed by atoms with Crippen LogP contribution in [-0.4, -0.2) is 70.8 Å². The summed E-state index contributed by atoms with van der Waals surface area (Å²) in [7, 11) is 0. The molecule has 0 bridgehead atoms. The van der Waals surface area contributed by atoms with Crippen LogP contribution in [0.25, 0.3) is 0 Å². The molecular weight excluding hydrogens is 512 g/mol. The molecule has 0 radical (unpaired) electrons. The Balaban J connectivity index is 1.59. The normalized spacial score (nSPS) is 19.8. The van der Waals surface area contributed by atoms with Gasteiger partial charge in [0.2, 0.25) is 11.8 Å². The number of aliphatic hydroxyl groups excluding tert-OH is 1. The molecule has 2 atom stereocenters. The van der Waals surface area contributed by atoms with E-state index in [2.05, 4.69) is 15.6 Å². The maximum absolute atomic E-state index is 13.0. The van der Waals surface area contributed by atoms with Crippen LogP contribution in [0, 0.1) is 11.8 Å². The minimum absolute atomic E-state index is 0.00140. The number of ether oxygens (including phenoxy) is 1. The second kappa shape index (κ2) is 13.2. The molecule has 2 fully saturated rings. The van der Waals surface area contributed by atoms with E-state index < -0.39 is 18.0 Å². The van der Waals surface area contributed by atoms with Gasteiger partial charge in [-0.15, -0.1) is 0 Å². The molecule has 1 spiro atoms. The second-order valence-corrected chi connectivity index (χ2v) is 11.0. The number of nitrogens with one attached hydrogen (secondary N) is 2. The number of carbonyl (C=O) groups is 4. The zero-order valence-electron chi connectivity index (χ0n) is 22.2. The van der Waals surface area contributed by atoms with Crippen LogP contribution in [0.1, 0.15) is 58.4 Å². The molecule has 0 saturated carbocycles. The number of hydrogen-bond donors (Lipinski definition) is 3. The lowest BCUT2D eigenvalue weighted by Crippen LogP contribution is -2.51. The van der Waals surface area contributed by atoms with E-state index in [-0.39, 0.29) is 61.0 Å². The maximum Gasteiger partial charge on any atom is 0.434 e. The largest absolute Gasteiger partial charge is 0.443 e. The minimum Gasteiger partial charge on any atom is -0.443 e. The van der Waals surface area contributed by atoms with Crippen molar-refractivity contribution in [3.8, 4) is 0 Å². The smallest absolute Gasteiger partial charge is 0.434 e. The van der Waals surface area contributed by atoms with E-state index in [0.29, 0.717) is 42.9 Å². The summed E-state index contributed by atoms with van der Waals surface area (Å²) in [6.45, 7) is 6.09.